The monoisotopic (exact) mass is 271 g/mol. The number of benzene rings is 1. The van der Waals surface area contributed by atoms with Gasteiger partial charge in [0.1, 0.15) is 5.78 Å². The first kappa shape index (κ1) is 14.8. The summed E-state index contributed by atoms with van der Waals surface area (Å²) in [6.07, 6.45) is 7.67. The number of carbonyl (C=O) groups is 1. The van der Waals surface area contributed by atoms with Crippen molar-refractivity contribution in [1.82, 2.24) is 4.57 Å². The van der Waals surface area contributed by atoms with Crippen LogP contribution in [0.1, 0.15) is 57.4 Å². The topological polar surface area (TPSA) is 22.0 Å². The Labute approximate surface area is 121 Å². The number of fused-ring (bicyclic) bond motifs is 1. The van der Waals surface area contributed by atoms with Crippen LogP contribution in [0.4, 0.5) is 0 Å². The Morgan fingerprint density at radius 2 is 2.00 bits per heavy atom. The van der Waals surface area contributed by atoms with Crippen molar-refractivity contribution < 1.29 is 4.79 Å². The van der Waals surface area contributed by atoms with Crippen LogP contribution in [0.3, 0.4) is 0 Å². The Hall–Kier alpha value is -1.57. The molecule has 0 amide bonds. The lowest BCUT2D eigenvalue weighted by molar-refractivity contribution is -0.117. The highest BCUT2D eigenvalue weighted by Gasteiger charge is 2.18. The lowest BCUT2D eigenvalue weighted by atomic mass is 9.89. The number of hydrogen-bond donors (Lipinski definition) is 0. The van der Waals surface area contributed by atoms with Gasteiger partial charge >= 0.3 is 0 Å². The van der Waals surface area contributed by atoms with Gasteiger partial charge in [0.25, 0.3) is 0 Å². The minimum Gasteiger partial charge on any atom is -0.350 e. The second kappa shape index (κ2) is 6.74. The molecule has 0 aliphatic heterocycles. The smallest absolute Gasteiger partial charge is 0.130 e. The Morgan fingerprint density at radius 1 is 1.25 bits per heavy atom. The highest BCUT2D eigenvalue weighted by Crippen LogP contribution is 2.33. The van der Waals surface area contributed by atoms with Gasteiger partial charge in [-0.2, -0.15) is 0 Å². The van der Waals surface area contributed by atoms with Crippen LogP contribution in [0.5, 0.6) is 0 Å². The van der Waals surface area contributed by atoms with Crippen LogP contribution in [0, 0.1) is 0 Å². The van der Waals surface area contributed by atoms with Crippen LogP contribution >= 0.6 is 0 Å². The average Bonchev–Trinajstić information content (AvgIpc) is 2.76. The molecule has 2 aromatic rings. The molecule has 2 heteroatoms. The average molecular weight is 271 g/mol. The molecule has 0 N–H and O–H groups in total. The third-order valence-electron chi connectivity index (χ3n) is 4.06. The largest absolute Gasteiger partial charge is 0.350 e. The molecular weight excluding hydrogens is 246 g/mol. The predicted molar refractivity (Wildman–Crippen MR) is 85.1 cm³/mol. The minimum absolute atomic E-state index is 0.291. The summed E-state index contributed by atoms with van der Waals surface area (Å²) in [4.78, 5) is 11.6. The summed E-state index contributed by atoms with van der Waals surface area (Å²) >= 11 is 0. The molecule has 1 heterocycles. The van der Waals surface area contributed by atoms with Gasteiger partial charge in [0.15, 0.2) is 0 Å². The SMILES string of the molecule is CCCCC[C@H](CC(C)=O)c1cn(C)c2ccccc12. The molecule has 0 aliphatic rings. The van der Waals surface area contributed by atoms with Crippen LogP contribution in [-0.4, -0.2) is 10.4 Å². The zero-order valence-electron chi connectivity index (χ0n) is 12.9. The van der Waals surface area contributed by atoms with Crippen molar-refractivity contribution in [2.75, 3.05) is 0 Å². The van der Waals surface area contributed by atoms with E-state index in [9.17, 15) is 4.79 Å². The second-order valence-electron chi connectivity index (χ2n) is 5.81. The molecule has 0 bridgehead atoms. The van der Waals surface area contributed by atoms with Gasteiger partial charge in [-0.15, -0.1) is 0 Å². The second-order valence-corrected chi connectivity index (χ2v) is 5.81. The van der Waals surface area contributed by atoms with Gasteiger partial charge < -0.3 is 9.36 Å². The maximum atomic E-state index is 11.6. The number of hydrogen-bond acceptors (Lipinski definition) is 1. The quantitative estimate of drug-likeness (QED) is 0.662. The van der Waals surface area contributed by atoms with Crippen molar-refractivity contribution in [3.63, 3.8) is 0 Å². The molecule has 2 nitrogen and oxygen atoms in total. The van der Waals surface area contributed by atoms with Gasteiger partial charge in [0, 0.05) is 30.6 Å². The summed E-state index contributed by atoms with van der Waals surface area (Å²) in [5.41, 5.74) is 2.60. The van der Waals surface area contributed by atoms with Crippen molar-refractivity contribution >= 4 is 16.7 Å². The zero-order chi connectivity index (χ0) is 14.5. The molecule has 1 atom stereocenters. The molecule has 0 aliphatic carbocycles. The van der Waals surface area contributed by atoms with Crippen LogP contribution in [0.25, 0.3) is 10.9 Å². The number of unbranched alkanes of at least 4 members (excludes halogenated alkanes) is 2. The van der Waals surface area contributed by atoms with E-state index in [1.807, 2.05) is 0 Å². The number of aryl methyl sites for hydroxylation is 1. The fourth-order valence-corrected chi connectivity index (χ4v) is 3.05. The molecule has 1 aromatic carbocycles. The third-order valence-corrected chi connectivity index (χ3v) is 4.06. The molecular formula is C18H25NO. The van der Waals surface area contributed by atoms with Crippen molar-refractivity contribution in [2.45, 2.75) is 51.9 Å². The number of Topliss-reactive ketones (excluding diaryl/α,β-unsaturated/α-hetero) is 1. The van der Waals surface area contributed by atoms with Crippen LogP contribution in [-0.2, 0) is 11.8 Å². The standard InChI is InChI=1S/C18H25NO/c1-4-5-6-9-15(12-14(2)20)17-13-19(3)18-11-8-7-10-16(17)18/h7-8,10-11,13,15H,4-6,9,12H2,1-3H3/t15-/m1/s1. The number of ketones is 1. The Bertz CT molecular complexity index is 582. The van der Waals surface area contributed by atoms with Gasteiger partial charge in [-0.25, -0.2) is 0 Å². The maximum absolute atomic E-state index is 11.6. The first-order valence-electron chi connectivity index (χ1n) is 7.67. The van der Waals surface area contributed by atoms with E-state index >= 15 is 0 Å². The minimum atomic E-state index is 0.291. The third kappa shape index (κ3) is 3.30. The summed E-state index contributed by atoms with van der Waals surface area (Å²) in [6.45, 7) is 3.93. The fraction of sp³-hybridized carbons (Fsp3) is 0.500. The van der Waals surface area contributed by atoms with E-state index in [0.29, 0.717) is 18.1 Å². The number of carbonyl (C=O) groups excluding carboxylic acids is 1. The number of para-hydroxylation sites is 1. The van der Waals surface area contributed by atoms with Crippen molar-refractivity contribution in [3.05, 3.63) is 36.0 Å². The predicted octanol–water partition coefficient (Wildman–Crippen LogP) is 4.82. The van der Waals surface area contributed by atoms with E-state index in [-0.39, 0.29) is 0 Å². The first-order valence-corrected chi connectivity index (χ1v) is 7.67. The van der Waals surface area contributed by atoms with E-state index in [1.54, 1.807) is 6.92 Å². The summed E-state index contributed by atoms with van der Waals surface area (Å²) in [5, 5.41) is 1.30. The summed E-state index contributed by atoms with van der Waals surface area (Å²) in [6, 6.07) is 8.49. The van der Waals surface area contributed by atoms with Gasteiger partial charge in [-0.3, -0.25) is 0 Å². The summed E-state index contributed by atoms with van der Waals surface area (Å²) in [7, 11) is 2.09. The van der Waals surface area contributed by atoms with Gasteiger partial charge in [0.2, 0.25) is 0 Å². The number of aromatic nitrogens is 1. The van der Waals surface area contributed by atoms with Crippen molar-refractivity contribution in [3.8, 4) is 0 Å². The van der Waals surface area contributed by atoms with Crippen molar-refractivity contribution in [1.29, 1.82) is 0 Å². The highest BCUT2D eigenvalue weighted by atomic mass is 16.1. The van der Waals surface area contributed by atoms with E-state index in [4.69, 9.17) is 0 Å². The fourth-order valence-electron chi connectivity index (χ4n) is 3.05. The molecule has 0 saturated heterocycles. The maximum Gasteiger partial charge on any atom is 0.130 e. The molecule has 2 rings (SSSR count). The lowest BCUT2D eigenvalue weighted by Crippen LogP contribution is -2.04. The molecule has 1 aromatic heterocycles. The molecule has 0 saturated carbocycles. The van der Waals surface area contributed by atoms with Crippen LogP contribution < -0.4 is 0 Å². The Kier molecular flexibility index (Phi) is 4.99. The summed E-state index contributed by atoms with van der Waals surface area (Å²) < 4.78 is 2.18. The van der Waals surface area contributed by atoms with Crippen LogP contribution in [0.15, 0.2) is 30.5 Å². The lowest BCUT2D eigenvalue weighted by Gasteiger charge is -2.15. The molecule has 0 radical (unpaired) electrons. The van der Waals surface area contributed by atoms with E-state index in [0.717, 1.165) is 6.42 Å². The first-order chi connectivity index (χ1) is 9.63. The highest BCUT2D eigenvalue weighted by molar-refractivity contribution is 5.85. The number of nitrogens with zero attached hydrogens (tertiary/aromatic N) is 1. The van der Waals surface area contributed by atoms with Crippen molar-refractivity contribution in [2.24, 2.45) is 7.05 Å². The van der Waals surface area contributed by atoms with Gasteiger partial charge in [0.05, 0.1) is 0 Å². The molecule has 0 unspecified atom stereocenters. The van der Waals surface area contributed by atoms with E-state index in [2.05, 4.69) is 49.0 Å². The van der Waals surface area contributed by atoms with Gasteiger partial charge in [-0.1, -0.05) is 44.4 Å². The van der Waals surface area contributed by atoms with Gasteiger partial charge in [-0.05, 0) is 30.9 Å². The molecule has 20 heavy (non-hydrogen) atoms. The normalized spacial score (nSPS) is 12.8. The molecule has 108 valence electrons. The summed E-state index contributed by atoms with van der Waals surface area (Å²) in [5.74, 6) is 0.657. The van der Waals surface area contributed by atoms with E-state index in [1.165, 1.54) is 35.7 Å². The molecule has 0 fully saturated rings. The zero-order valence-corrected chi connectivity index (χ0v) is 12.9. The molecule has 0 spiro atoms. The Morgan fingerprint density at radius 3 is 2.70 bits per heavy atom. The van der Waals surface area contributed by atoms with Crippen LogP contribution in [0.2, 0.25) is 0 Å². The Balaban J connectivity index is 2.32. The van der Waals surface area contributed by atoms with E-state index < -0.39 is 0 Å². The number of rotatable bonds is 7.